The molecule has 1 unspecified atom stereocenters. The number of nitrogens with one attached hydrogen (secondary N) is 1. The van der Waals surface area contributed by atoms with Gasteiger partial charge in [0.2, 0.25) is 0 Å². The quantitative estimate of drug-likeness (QED) is 0.848. The second-order valence-electron chi connectivity index (χ2n) is 5.44. The molecule has 0 aliphatic carbocycles. The Morgan fingerprint density at radius 3 is 2.53 bits per heavy atom. The Morgan fingerprint density at radius 2 is 2.00 bits per heavy atom. The smallest absolute Gasteiger partial charge is 0.365 e. The van der Waals surface area contributed by atoms with E-state index < -0.39 is 12.6 Å². The van der Waals surface area contributed by atoms with Gasteiger partial charge in [-0.25, -0.2) is 0 Å². The summed E-state index contributed by atoms with van der Waals surface area (Å²) in [6, 6.07) is 0. The maximum absolute atomic E-state index is 11.9. The summed E-state index contributed by atoms with van der Waals surface area (Å²) in [4.78, 5) is 4.22. The van der Waals surface area contributed by atoms with Crippen molar-refractivity contribution in [2.45, 2.75) is 45.0 Å². The molecule has 2 nitrogen and oxygen atoms in total. The zero-order chi connectivity index (χ0) is 13.1. The molecule has 0 spiro atoms. The van der Waals surface area contributed by atoms with Crippen molar-refractivity contribution >= 4 is 16.9 Å². The van der Waals surface area contributed by atoms with Gasteiger partial charge in [0, 0.05) is 11.8 Å². The van der Waals surface area contributed by atoms with Crippen LogP contribution in [-0.4, -0.2) is 29.7 Å². The molecule has 1 atom stereocenters. The van der Waals surface area contributed by atoms with Gasteiger partial charge in [0.05, 0.1) is 13.0 Å². The van der Waals surface area contributed by atoms with Crippen molar-refractivity contribution in [3.8, 4) is 0 Å². The predicted molar refractivity (Wildman–Crippen MR) is 66.4 cm³/mol. The fourth-order valence-electron chi connectivity index (χ4n) is 1.62. The van der Waals surface area contributed by atoms with E-state index in [-0.39, 0.29) is 12.0 Å². The molecule has 0 aromatic carbocycles. The molecule has 1 aliphatic rings. The van der Waals surface area contributed by atoms with Crippen LogP contribution in [0.15, 0.2) is 4.99 Å². The van der Waals surface area contributed by atoms with Crippen molar-refractivity contribution in [2.75, 3.05) is 13.1 Å². The zero-order valence-electron chi connectivity index (χ0n) is 10.4. The van der Waals surface area contributed by atoms with Crippen LogP contribution in [0.2, 0.25) is 0 Å². The van der Waals surface area contributed by atoms with Crippen LogP contribution in [0.5, 0.6) is 0 Å². The van der Waals surface area contributed by atoms with Gasteiger partial charge in [-0.1, -0.05) is 32.5 Å². The van der Waals surface area contributed by atoms with E-state index in [0.29, 0.717) is 17.0 Å². The molecule has 1 heterocycles. The molecule has 0 radical (unpaired) electrons. The van der Waals surface area contributed by atoms with Gasteiger partial charge in [-0.2, -0.15) is 13.2 Å². The average Bonchev–Trinajstić information content (AvgIpc) is 2.46. The minimum atomic E-state index is -4.10. The molecule has 0 saturated carbocycles. The number of halogens is 3. The Morgan fingerprint density at radius 1 is 1.35 bits per heavy atom. The number of hydrogen-bond acceptors (Lipinski definition) is 3. The fourth-order valence-corrected chi connectivity index (χ4v) is 3.00. The molecule has 1 aliphatic heterocycles. The van der Waals surface area contributed by atoms with Crippen LogP contribution >= 0.6 is 11.8 Å². The third-order valence-electron chi connectivity index (χ3n) is 2.24. The van der Waals surface area contributed by atoms with Gasteiger partial charge in [-0.05, 0) is 11.8 Å². The molecule has 0 bridgehead atoms. The van der Waals surface area contributed by atoms with Crippen molar-refractivity contribution in [2.24, 2.45) is 10.4 Å². The lowest BCUT2D eigenvalue weighted by molar-refractivity contribution is -0.132. The maximum Gasteiger partial charge on any atom is 0.390 e. The maximum atomic E-state index is 11.9. The first kappa shape index (κ1) is 14.7. The zero-order valence-corrected chi connectivity index (χ0v) is 11.2. The molecule has 100 valence electrons. The van der Waals surface area contributed by atoms with Crippen molar-refractivity contribution in [3.05, 3.63) is 0 Å². The fraction of sp³-hybridized carbons (Fsp3) is 0.909. The van der Waals surface area contributed by atoms with E-state index in [0.717, 1.165) is 6.42 Å². The summed E-state index contributed by atoms with van der Waals surface area (Å²) in [6.45, 7) is 7.09. The van der Waals surface area contributed by atoms with Crippen molar-refractivity contribution in [1.82, 2.24) is 5.32 Å². The van der Waals surface area contributed by atoms with E-state index in [2.05, 4.69) is 31.1 Å². The molecule has 0 aromatic rings. The largest absolute Gasteiger partial charge is 0.390 e. The number of aliphatic imine (C=N–C) groups is 1. The first-order chi connectivity index (χ1) is 7.66. The minimum Gasteiger partial charge on any atom is -0.365 e. The van der Waals surface area contributed by atoms with Gasteiger partial charge in [0.1, 0.15) is 0 Å². The predicted octanol–water partition coefficient (Wildman–Crippen LogP) is 3.44. The van der Waals surface area contributed by atoms with E-state index in [1.807, 2.05) is 0 Å². The molecule has 1 N–H and O–H groups in total. The van der Waals surface area contributed by atoms with Gasteiger partial charge in [0.25, 0.3) is 0 Å². The Bertz CT molecular complexity index is 281. The summed E-state index contributed by atoms with van der Waals surface area (Å²) in [7, 11) is 0. The van der Waals surface area contributed by atoms with Crippen LogP contribution in [0.3, 0.4) is 0 Å². The first-order valence-electron chi connectivity index (χ1n) is 5.67. The minimum absolute atomic E-state index is 0.0857. The van der Waals surface area contributed by atoms with Crippen LogP contribution in [0.25, 0.3) is 0 Å². The van der Waals surface area contributed by atoms with Crippen molar-refractivity contribution in [1.29, 1.82) is 0 Å². The van der Waals surface area contributed by atoms with Gasteiger partial charge >= 0.3 is 6.18 Å². The molecule has 6 heteroatoms. The lowest BCUT2D eigenvalue weighted by Crippen LogP contribution is -2.25. The Balaban J connectivity index is 2.22. The molecule has 0 aromatic heterocycles. The number of amidine groups is 1. The van der Waals surface area contributed by atoms with Gasteiger partial charge in [-0.3, -0.25) is 4.99 Å². The standard InChI is InChI=1S/C11H19F3N2S/c1-10(2,3)6-8-7-16-9(17-8)15-5-4-11(12,13)14/h8H,4-7H2,1-3H3,(H,15,16). The summed E-state index contributed by atoms with van der Waals surface area (Å²) in [5, 5.41) is 3.79. The van der Waals surface area contributed by atoms with Gasteiger partial charge < -0.3 is 5.32 Å². The second-order valence-corrected chi connectivity index (χ2v) is 6.73. The molecule has 0 fully saturated rings. The number of alkyl halides is 3. The highest BCUT2D eigenvalue weighted by Gasteiger charge is 2.28. The Labute approximate surface area is 104 Å². The number of thioether (sulfide) groups is 1. The lowest BCUT2D eigenvalue weighted by Gasteiger charge is -2.21. The SMILES string of the molecule is CC(C)(C)CC1CN=C(NCCC(F)(F)F)S1. The molecule has 0 amide bonds. The summed E-state index contributed by atoms with van der Waals surface area (Å²) in [5.41, 5.74) is 0.231. The van der Waals surface area contributed by atoms with Gasteiger partial charge in [-0.15, -0.1) is 0 Å². The number of hydrogen-bond donors (Lipinski definition) is 1. The third-order valence-corrected chi connectivity index (χ3v) is 3.39. The van der Waals surface area contributed by atoms with Crippen LogP contribution in [0, 0.1) is 5.41 Å². The summed E-state index contributed by atoms with van der Waals surface area (Å²) < 4.78 is 35.8. The average molecular weight is 268 g/mol. The van der Waals surface area contributed by atoms with Crippen LogP contribution in [0.1, 0.15) is 33.6 Å². The van der Waals surface area contributed by atoms with E-state index in [4.69, 9.17) is 0 Å². The van der Waals surface area contributed by atoms with Crippen molar-refractivity contribution < 1.29 is 13.2 Å². The molecular weight excluding hydrogens is 249 g/mol. The first-order valence-corrected chi connectivity index (χ1v) is 6.55. The van der Waals surface area contributed by atoms with Crippen molar-refractivity contribution in [3.63, 3.8) is 0 Å². The normalized spacial score (nSPS) is 21.5. The highest BCUT2D eigenvalue weighted by atomic mass is 32.2. The van der Waals surface area contributed by atoms with Gasteiger partial charge in [0.15, 0.2) is 5.17 Å². The van der Waals surface area contributed by atoms with E-state index >= 15 is 0 Å². The lowest BCUT2D eigenvalue weighted by atomic mass is 9.90. The summed E-state index contributed by atoms with van der Waals surface area (Å²) >= 11 is 1.56. The number of nitrogens with zero attached hydrogens (tertiary/aromatic N) is 1. The molecule has 17 heavy (non-hydrogen) atoms. The van der Waals surface area contributed by atoms with E-state index in [1.54, 1.807) is 11.8 Å². The highest BCUT2D eigenvalue weighted by Crippen LogP contribution is 2.31. The monoisotopic (exact) mass is 268 g/mol. The molecule has 0 saturated heterocycles. The van der Waals surface area contributed by atoms with Crippen LogP contribution in [-0.2, 0) is 0 Å². The second kappa shape index (κ2) is 5.50. The molecule has 1 rings (SSSR count). The summed E-state index contributed by atoms with van der Waals surface area (Å²) in [5.74, 6) is 0. The topological polar surface area (TPSA) is 24.4 Å². The Kier molecular flexibility index (Phi) is 4.75. The third kappa shape index (κ3) is 6.81. The Hall–Kier alpha value is -0.390. The highest BCUT2D eigenvalue weighted by molar-refractivity contribution is 8.14. The van der Waals surface area contributed by atoms with E-state index in [9.17, 15) is 13.2 Å². The van der Waals surface area contributed by atoms with E-state index in [1.165, 1.54) is 0 Å². The molecular formula is C11H19F3N2S. The van der Waals surface area contributed by atoms with Crippen LogP contribution in [0.4, 0.5) is 13.2 Å². The summed E-state index contributed by atoms with van der Waals surface area (Å²) in [6.07, 6.45) is -3.89. The number of rotatable bonds is 3. The van der Waals surface area contributed by atoms with Crippen LogP contribution < -0.4 is 5.32 Å².